The molecule has 0 unspecified atom stereocenters. The summed E-state index contributed by atoms with van der Waals surface area (Å²) in [5.74, 6) is 1.05. The zero-order chi connectivity index (χ0) is 13.2. The summed E-state index contributed by atoms with van der Waals surface area (Å²) in [5.41, 5.74) is 0.0916. The fraction of sp³-hybridized carbons (Fsp3) is 0.643. The van der Waals surface area contributed by atoms with E-state index in [1.54, 1.807) is 0 Å². The van der Waals surface area contributed by atoms with Crippen molar-refractivity contribution in [2.75, 3.05) is 52.2 Å². The summed E-state index contributed by atoms with van der Waals surface area (Å²) in [5, 5.41) is 0. The molecule has 0 aliphatic carbocycles. The molecule has 1 aromatic heterocycles. The number of hydrogen-bond donors (Lipinski definition) is 0. The molecular formula is C14H24N4. The molecule has 4 heteroatoms. The molecule has 0 bridgehead atoms. The summed E-state index contributed by atoms with van der Waals surface area (Å²) < 4.78 is 0. The van der Waals surface area contributed by atoms with Gasteiger partial charge in [0.25, 0.3) is 0 Å². The van der Waals surface area contributed by atoms with Crippen LogP contribution in [0.4, 0.5) is 5.82 Å². The van der Waals surface area contributed by atoms with Gasteiger partial charge in [0.1, 0.15) is 5.82 Å². The van der Waals surface area contributed by atoms with E-state index in [1.807, 2.05) is 18.3 Å². The Morgan fingerprint density at radius 2 is 1.78 bits per heavy atom. The van der Waals surface area contributed by atoms with Gasteiger partial charge in [-0.1, -0.05) is 6.07 Å². The first-order valence-electron chi connectivity index (χ1n) is 6.53. The van der Waals surface area contributed by atoms with E-state index in [0.717, 1.165) is 32.0 Å². The van der Waals surface area contributed by atoms with Crippen molar-refractivity contribution in [3.05, 3.63) is 24.4 Å². The van der Waals surface area contributed by atoms with E-state index in [1.165, 1.54) is 0 Å². The van der Waals surface area contributed by atoms with Crippen LogP contribution >= 0.6 is 0 Å². The Kier molecular flexibility index (Phi) is 3.88. The fourth-order valence-electron chi connectivity index (χ4n) is 2.75. The van der Waals surface area contributed by atoms with Gasteiger partial charge in [-0.25, -0.2) is 4.98 Å². The van der Waals surface area contributed by atoms with Gasteiger partial charge in [0.2, 0.25) is 0 Å². The fourth-order valence-corrected chi connectivity index (χ4v) is 2.75. The van der Waals surface area contributed by atoms with Gasteiger partial charge < -0.3 is 14.7 Å². The van der Waals surface area contributed by atoms with E-state index in [9.17, 15) is 0 Å². The number of rotatable bonds is 2. The number of anilines is 1. The van der Waals surface area contributed by atoms with Gasteiger partial charge in [0.15, 0.2) is 0 Å². The van der Waals surface area contributed by atoms with Crippen LogP contribution in [0.5, 0.6) is 0 Å². The molecule has 0 atom stereocenters. The average Bonchev–Trinajstić information content (AvgIpc) is 2.49. The largest absolute Gasteiger partial charge is 0.352 e. The molecule has 4 nitrogen and oxygen atoms in total. The Labute approximate surface area is 110 Å². The van der Waals surface area contributed by atoms with Gasteiger partial charge in [0.05, 0.1) is 5.54 Å². The minimum atomic E-state index is 0.0916. The average molecular weight is 248 g/mol. The maximum absolute atomic E-state index is 4.47. The van der Waals surface area contributed by atoms with E-state index < -0.39 is 0 Å². The van der Waals surface area contributed by atoms with Crippen molar-refractivity contribution in [3.63, 3.8) is 0 Å². The molecule has 1 saturated heterocycles. The summed E-state index contributed by atoms with van der Waals surface area (Å²) >= 11 is 0. The molecule has 0 aromatic carbocycles. The lowest BCUT2D eigenvalue weighted by Gasteiger charge is -2.41. The highest BCUT2D eigenvalue weighted by Crippen LogP contribution is 2.23. The van der Waals surface area contributed by atoms with Crippen LogP contribution in [0.1, 0.15) is 6.92 Å². The highest BCUT2D eigenvalue weighted by Gasteiger charge is 2.34. The predicted molar refractivity (Wildman–Crippen MR) is 76.0 cm³/mol. The lowest BCUT2D eigenvalue weighted by molar-refractivity contribution is 0.267. The van der Waals surface area contributed by atoms with E-state index in [-0.39, 0.29) is 5.54 Å². The minimum Gasteiger partial charge on any atom is -0.352 e. The Morgan fingerprint density at radius 1 is 1.17 bits per heavy atom. The second-order valence-electron chi connectivity index (χ2n) is 5.72. The van der Waals surface area contributed by atoms with Gasteiger partial charge in [0, 0.05) is 39.4 Å². The summed E-state index contributed by atoms with van der Waals surface area (Å²) in [7, 11) is 6.54. The van der Waals surface area contributed by atoms with Crippen LogP contribution in [0, 0.1) is 0 Å². The van der Waals surface area contributed by atoms with Crippen molar-refractivity contribution in [3.8, 4) is 0 Å². The molecule has 2 heterocycles. The number of likely N-dealkylation sites (N-methyl/N-ethyl adjacent to an activating group) is 3. The second-order valence-corrected chi connectivity index (χ2v) is 5.72. The zero-order valence-electron chi connectivity index (χ0n) is 11.9. The summed E-state index contributed by atoms with van der Waals surface area (Å²) in [6.45, 7) is 6.69. The standard InChI is InChI=1S/C14H24N4/c1-14(11-16(2)9-10-17(3)12-14)18(4)13-7-5-6-8-15-13/h5-8H,9-12H2,1-4H3. The number of hydrogen-bond acceptors (Lipinski definition) is 4. The topological polar surface area (TPSA) is 22.6 Å². The zero-order valence-corrected chi connectivity index (χ0v) is 11.9. The Morgan fingerprint density at radius 3 is 2.28 bits per heavy atom. The monoisotopic (exact) mass is 248 g/mol. The molecule has 1 aromatic rings. The first-order chi connectivity index (χ1) is 8.51. The molecule has 18 heavy (non-hydrogen) atoms. The molecule has 1 aliphatic heterocycles. The first kappa shape index (κ1) is 13.3. The predicted octanol–water partition coefficient (Wildman–Crippen LogP) is 1.15. The van der Waals surface area contributed by atoms with Crippen LogP contribution in [-0.4, -0.2) is 67.6 Å². The molecular weight excluding hydrogens is 224 g/mol. The van der Waals surface area contributed by atoms with Crippen molar-refractivity contribution in [1.29, 1.82) is 0 Å². The maximum Gasteiger partial charge on any atom is 0.128 e. The van der Waals surface area contributed by atoms with Crippen molar-refractivity contribution >= 4 is 5.82 Å². The third-order valence-corrected chi connectivity index (χ3v) is 3.89. The molecule has 1 fully saturated rings. The lowest BCUT2D eigenvalue weighted by Crippen LogP contribution is -2.55. The molecule has 0 spiro atoms. The van der Waals surface area contributed by atoms with Crippen molar-refractivity contribution in [2.45, 2.75) is 12.5 Å². The smallest absolute Gasteiger partial charge is 0.128 e. The lowest BCUT2D eigenvalue weighted by atomic mass is 9.99. The second kappa shape index (κ2) is 5.24. The molecule has 0 amide bonds. The van der Waals surface area contributed by atoms with Gasteiger partial charge in [-0.3, -0.25) is 0 Å². The van der Waals surface area contributed by atoms with Crippen LogP contribution in [0.3, 0.4) is 0 Å². The molecule has 0 radical (unpaired) electrons. The summed E-state index contributed by atoms with van der Waals surface area (Å²) in [6.07, 6.45) is 1.86. The van der Waals surface area contributed by atoms with Crippen molar-refractivity contribution in [2.24, 2.45) is 0 Å². The van der Waals surface area contributed by atoms with E-state index in [4.69, 9.17) is 0 Å². The van der Waals surface area contributed by atoms with Crippen LogP contribution in [0.25, 0.3) is 0 Å². The SMILES string of the molecule is CN1CCN(C)CC(C)(N(C)c2ccccn2)C1. The Hall–Kier alpha value is -1.13. The van der Waals surface area contributed by atoms with Gasteiger partial charge in [-0.15, -0.1) is 0 Å². The number of nitrogens with zero attached hydrogens (tertiary/aromatic N) is 4. The normalized spacial score (nSPS) is 21.6. The molecule has 100 valence electrons. The van der Waals surface area contributed by atoms with Crippen LogP contribution in [0.15, 0.2) is 24.4 Å². The Balaban J connectivity index is 2.22. The van der Waals surface area contributed by atoms with Crippen molar-refractivity contribution in [1.82, 2.24) is 14.8 Å². The van der Waals surface area contributed by atoms with E-state index in [2.05, 4.69) is 53.8 Å². The summed E-state index contributed by atoms with van der Waals surface area (Å²) in [4.78, 5) is 11.6. The number of pyridine rings is 1. The molecule has 1 aliphatic rings. The van der Waals surface area contributed by atoms with E-state index in [0.29, 0.717) is 0 Å². The highest BCUT2D eigenvalue weighted by atomic mass is 15.3. The van der Waals surface area contributed by atoms with Gasteiger partial charge in [-0.2, -0.15) is 0 Å². The number of aromatic nitrogens is 1. The molecule has 2 rings (SSSR count). The van der Waals surface area contributed by atoms with Crippen LogP contribution < -0.4 is 4.90 Å². The van der Waals surface area contributed by atoms with Gasteiger partial charge in [-0.05, 0) is 33.2 Å². The summed E-state index contributed by atoms with van der Waals surface area (Å²) in [6, 6.07) is 6.09. The molecule has 0 N–H and O–H groups in total. The maximum atomic E-state index is 4.47. The van der Waals surface area contributed by atoms with Gasteiger partial charge >= 0.3 is 0 Å². The highest BCUT2D eigenvalue weighted by molar-refractivity contribution is 5.40. The quantitative estimate of drug-likeness (QED) is 0.783. The van der Waals surface area contributed by atoms with Crippen molar-refractivity contribution < 1.29 is 0 Å². The third kappa shape index (κ3) is 2.82. The third-order valence-electron chi connectivity index (χ3n) is 3.89. The van der Waals surface area contributed by atoms with E-state index >= 15 is 0 Å². The minimum absolute atomic E-state index is 0.0916. The van der Waals surface area contributed by atoms with Crippen LogP contribution in [0.2, 0.25) is 0 Å². The first-order valence-corrected chi connectivity index (χ1v) is 6.53. The Bertz CT molecular complexity index is 367. The van der Waals surface area contributed by atoms with Crippen LogP contribution in [-0.2, 0) is 0 Å². The molecule has 0 saturated carbocycles.